The number of amides is 2. The number of hydrogen-bond acceptors (Lipinski definition) is 3. The van der Waals surface area contributed by atoms with Gasteiger partial charge in [-0.25, -0.2) is 4.79 Å². The van der Waals surface area contributed by atoms with Gasteiger partial charge in [-0.3, -0.25) is 4.90 Å². The van der Waals surface area contributed by atoms with Gasteiger partial charge in [0.1, 0.15) is 0 Å². The Morgan fingerprint density at radius 1 is 1.53 bits per heavy atom. The molecule has 2 amide bonds. The molecule has 82 valence electrons. The summed E-state index contributed by atoms with van der Waals surface area (Å²) in [5, 5.41) is 11.3. The fourth-order valence-electron chi connectivity index (χ4n) is 2.25. The molecule has 2 fully saturated rings. The Kier molecular flexibility index (Phi) is 3.07. The quantitative estimate of drug-likeness (QED) is 0.664. The first-order valence-electron chi connectivity index (χ1n) is 5.45. The molecule has 1 N–H and O–H groups in total. The summed E-state index contributed by atoms with van der Waals surface area (Å²) in [6.45, 7) is 4.46. The van der Waals surface area contributed by atoms with E-state index in [-0.39, 0.29) is 6.03 Å². The zero-order valence-electron chi connectivity index (χ0n) is 8.78. The Bertz CT molecular complexity index is 286. The molecule has 0 aromatic carbocycles. The second-order valence-corrected chi connectivity index (χ2v) is 4.10. The van der Waals surface area contributed by atoms with Gasteiger partial charge in [0.05, 0.1) is 12.1 Å². The number of hydrogen-bond donors (Lipinski definition) is 1. The minimum absolute atomic E-state index is 0.0803. The zero-order chi connectivity index (χ0) is 10.7. The van der Waals surface area contributed by atoms with E-state index < -0.39 is 0 Å². The van der Waals surface area contributed by atoms with Gasteiger partial charge < -0.3 is 10.2 Å². The van der Waals surface area contributed by atoms with Crippen molar-refractivity contribution in [3.05, 3.63) is 0 Å². The van der Waals surface area contributed by atoms with E-state index in [0.717, 1.165) is 39.1 Å². The third-order valence-corrected chi connectivity index (χ3v) is 3.08. The van der Waals surface area contributed by atoms with Crippen molar-refractivity contribution in [1.82, 2.24) is 15.1 Å². The van der Waals surface area contributed by atoms with E-state index >= 15 is 0 Å². The second-order valence-electron chi connectivity index (χ2n) is 4.10. The lowest BCUT2D eigenvalue weighted by Gasteiger charge is -2.36. The first kappa shape index (κ1) is 10.2. The lowest BCUT2D eigenvalue weighted by Crippen LogP contribution is -2.52. The summed E-state index contributed by atoms with van der Waals surface area (Å²) in [6.07, 6.45) is 1.56. The molecule has 2 heterocycles. The van der Waals surface area contributed by atoms with Crippen molar-refractivity contribution < 1.29 is 4.79 Å². The van der Waals surface area contributed by atoms with Crippen LogP contribution in [0.3, 0.4) is 0 Å². The summed E-state index contributed by atoms with van der Waals surface area (Å²) in [5.41, 5.74) is 0. The highest BCUT2D eigenvalue weighted by molar-refractivity contribution is 5.77. The standard InChI is InChI=1S/C10H16N4O/c11-3-1-2-4-13-5-6-14-9(8-13)7-12-10(14)15/h9H,1-2,4-8H2,(H,12,15). The van der Waals surface area contributed by atoms with Crippen LogP contribution in [-0.2, 0) is 0 Å². The van der Waals surface area contributed by atoms with E-state index in [4.69, 9.17) is 5.26 Å². The van der Waals surface area contributed by atoms with Crippen LogP contribution in [0.5, 0.6) is 0 Å². The predicted octanol–water partition coefficient (Wildman–Crippen LogP) is -0.000420. The number of carbonyl (C=O) groups excluding carboxylic acids is 1. The molecule has 5 heteroatoms. The van der Waals surface area contributed by atoms with E-state index in [9.17, 15) is 4.79 Å². The molecule has 0 radical (unpaired) electrons. The molecular weight excluding hydrogens is 192 g/mol. The maximum atomic E-state index is 11.3. The van der Waals surface area contributed by atoms with Gasteiger partial charge in [-0.2, -0.15) is 5.26 Å². The van der Waals surface area contributed by atoms with E-state index in [1.807, 2.05) is 4.90 Å². The molecule has 5 nitrogen and oxygen atoms in total. The summed E-state index contributed by atoms with van der Waals surface area (Å²) >= 11 is 0. The SMILES string of the molecule is N#CCCCN1CCN2C(=O)NCC2C1. The number of nitrogens with zero attached hydrogens (tertiary/aromatic N) is 3. The second kappa shape index (κ2) is 4.49. The largest absolute Gasteiger partial charge is 0.336 e. The van der Waals surface area contributed by atoms with Crippen LogP contribution >= 0.6 is 0 Å². The van der Waals surface area contributed by atoms with Crippen molar-refractivity contribution in [3.63, 3.8) is 0 Å². The molecule has 2 aliphatic heterocycles. The lowest BCUT2D eigenvalue weighted by atomic mass is 10.2. The Balaban J connectivity index is 1.78. The van der Waals surface area contributed by atoms with Crippen molar-refractivity contribution >= 4 is 6.03 Å². The Morgan fingerprint density at radius 2 is 2.40 bits per heavy atom. The summed E-state index contributed by atoms with van der Waals surface area (Å²) in [6, 6.07) is 2.58. The van der Waals surface area contributed by atoms with Gasteiger partial charge >= 0.3 is 6.03 Å². The highest BCUT2D eigenvalue weighted by Crippen LogP contribution is 2.14. The minimum atomic E-state index is 0.0803. The first-order chi connectivity index (χ1) is 7.31. The van der Waals surface area contributed by atoms with Gasteiger partial charge in [0, 0.05) is 32.6 Å². The van der Waals surface area contributed by atoms with Crippen molar-refractivity contribution in [2.24, 2.45) is 0 Å². The molecule has 0 aromatic rings. The molecule has 1 unspecified atom stereocenters. The average molecular weight is 208 g/mol. The third kappa shape index (κ3) is 2.21. The first-order valence-corrected chi connectivity index (χ1v) is 5.45. The molecule has 0 bridgehead atoms. The van der Waals surface area contributed by atoms with Crippen molar-refractivity contribution in [2.45, 2.75) is 18.9 Å². The number of piperazine rings is 1. The van der Waals surface area contributed by atoms with Gasteiger partial charge in [-0.15, -0.1) is 0 Å². The van der Waals surface area contributed by atoms with Crippen LogP contribution in [0.15, 0.2) is 0 Å². The van der Waals surface area contributed by atoms with Crippen LogP contribution in [0, 0.1) is 11.3 Å². The average Bonchev–Trinajstić information content (AvgIpc) is 2.61. The highest BCUT2D eigenvalue weighted by Gasteiger charge is 2.34. The molecule has 0 spiro atoms. The maximum absolute atomic E-state index is 11.3. The van der Waals surface area contributed by atoms with E-state index in [1.54, 1.807) is 0 Å². The minimum Gasteiger partial charge on any atom is -0.336 e. The zero-order valence-corrected chi connectivity index (χ0v) is 8.78. The predicted molar refractivity (Wildman–Crippen MR) is 55.2 cm³/mol. The van der Waals surface area contributed by atoms with E-state index in [2.05, 4.69) is 16.3 Å². The van der Waals surface area contributed by atoms with Crippen LogP contribution in [0.25, 0.3) is 0 Å². The van der Waals surface area contributed by atoms with Crippen molar-refractivity contribution in [1.29, 1.82) is 5.26 Å². The normalized spacial score (nSPS) is 25.9. The third-order valence-electron chi connectivity index (χ3n) is 3.08. The fourth-order valence-corrected chi connectivity index (χ4v) is 2.25. The van der Waals surface area contributed by atoms with Gasteiger partial charge in [0.2, 0.25) is 0 Å². The molecule has 2 aliphatic rings. The summed E-state index contributed by atoms with van der Waals surface area (Å²) in [4.78, 5) is 15.6. The van der Waals surface area contributed by atoms with Gasteiger partial charge in [-0.1, -0.05) is 0 Å². The molecular formula is C10H16N4O. The fraction of sp³-hybridized carbons (Fsp3) is 0.800. The molecule has 15 heavy (non-hydrogen) atoms. The number of unbranched alkanes of at least 4 members (excludes halogenated alkanes) is 1. The summed E-state index contributed by atoms with van der Waals surface area (Å²) in [7, 11) is 0. The molecule has 0 aromatic heterocycles. The van der Waals surface area contributed by atoms with Crippen molar-refractivity contribution in [3.8, 4) is 6.07 Å². The maximum Gasteiger partial charge on any atom is 0.317 e. The topological polar surface area (TPSA) is 59.4 Å². The van der Waals surface area contributed by atoms with Crippen LogP contribution < -0.4 is 5.32 Å². The number of nitriles is 1. The smallest absolute Gasteiger partial charge is 0.317 e. The molecule has 2 saturated heterocycles. The van der Waals surface area contributed by atoms with Crippen LogP contribution in [0.4, 0.5) is 4.79 Å². The number of carbonyl (C=O) groups is 1. The molecule has 2 rings (SSSR count). The number of urea groups is 1. The Hall–Kier alpha value is -1.28. The number of rotatable bonds is 3. The van der Waals surface area contributed by atoms with Gasteiger partial charge in [0.25, 0.3) is 0 Å². The van der Waals surface area contributed by atoms with Gasteiger partial charge in [0.15, 0.2) is 0 Å². The van der Waals surface area contributed by atoms with Crippen molar-refractivity contribution in [2.75, 3.05) is 32.7 Å². The summed E-state index contributed by atoms with van der Waals surface area (Å²) in [5.74, 6) is 0. The van der Waals surface area contributed by atoms with Crippen LogP contribution in [0.2, 0.25) is 0 Å². The highest BCUT2D eigenvalue weighted by atomic mass is 16.2. The van der Waals surface area contributed by atoms with Crippen LogP contribution in [0.1, 0.15) is 12.8 Å². The van der Waals surface area contributed by atoms with E-state index in [1.165, 1.54) is 0 Å². The number of fused-ring (bicyclic) bond motifs is 1. The summed E-state index contributed by atoms with van der Waals surface area (Å²) < 4.78 is 0. The molecule has 0 saturated carbocycles. The number of nitrogens with one attached hydrogen (secondary N) is 1. The van der Waals surface area contributed by atoms with E-state index in [0.29, 0.717) is 12.5 Å². The Labute approximate surface area is 89.6 Å². The van der Waals surface area contributed by atoms with Crippen LogP contribution in [-0.4, -0.2) is 54.6 Å². The van der Waals surface area contributed by atoms with Gasteiger partial charge in [-0.05, 0) is 13.0 Å². The monoisotopic (exact) mass is 208 g/mol. The molecule has 0 aliphatic carbocycles. The molecule has 1 atom stereocenters. The Morgan fingerprint density at radius 3 is 3.20 bits per heavy atom. The lowest BCUT2D eigenvalue weighted by molar-refractivity contribution is 0.121.